The van der Waals surface area contributed by atoms with Gasteiger partial charge in [-0.3, -0.25) is 10.2 Å². The van der Waals surface area contributed by atoms with Crippen LogP contribution in [0.3, 0.4) is 0 Å². The molecule has 0 atom stereocenters. The fraction of sp³-hybridized carbons (Fsp3) is 0.0435. The zero-order chi connectivity index (χ0) is 27.0. The highest BCUT2D eigenvalue weighted by Crippen LogP contribution is 2.30. The van der Waals surface area contributed by atoms with E-state index in [9.17, 15) is 26.4 Å². The van der Waals surface area contributed by atoms with Crippen molar-refractivity contribution in [3.05, 3.63) is 89.9 Å². The molecule has 6 N–H and O–H groups in total. The van der Waals surface area contributed by atoms with Gasteiger partial charge in [-0.25, -0.2) is 23.2 Å². The quantitative estimate of drug-likeness (QED) is 0.221. The van der Waals surface area contributed by atoms with Gasteiger partial charge in [0.05, 0.1) is 10.6 Å². The van der Waals surface area contributed by atoms with Crippen LogP contribution in [0.4, 0.5) is 19.0 Å². The van der Waals surface area contributed by atoms with Gasteiger partial charge in [-0.2, -0.15) is 18.3 Å². The number of halogens is 3. The molecule has 0 bridgehead atoms. The largest absolute Gasteiger partial charge is 0.435 e. The smallest absolute Gasteiger partial charge is 0.384 e. The van der Waals surface area contributed by atoms with Gasteiger partial charge in [0.1, 0.15) is 17.3 Å². The molecule has 4 aromatic rings. The summed E-state index contributed by atoms with van der Waals surface area (Å²) in [7, 11) is -3.84. The van der Waals surface area contributed by atoms with E-state index in [2.05, 4.69) is 15.4 Å². The average Bonchev–Trinajstić information content (AvgIpc) is 3.31. The van der Waals surface area contributed by atoms with Gasteiger partial charge in [0, 0.05) is 23.4 Å². The van der Waals surface area contributed by atoms with E-state index < -0.39 is 33.5 Å². The molecule has 0 saturated heterocycles. The number of pyridine rings is 1. The predicted molar refractivity (Wildman–Crippen MR) is 129 cm³/mol. The third kappa shape index (κ3) is 5.65. The Morgan fingerprint density at radius 1 is 1.00 bits per heavy atom. The van der Waals surface area contributed by atoms with Gasteiger partial charge >= 0.3 is 6.18 Å². The van der Waals surface area contributed by atoms with Crippen molar-refractivity contribution < 1.29 is 26.4 Å². The van der Waals surface area contributed by atoms with Crippen LogP contribution in [0.1, 0.15) is 21.7 Å². The number of hydrogen-bond acceptors (Lipinski definition) is 6. The number of nitrogens with two attached hydrogens (primary N) is 2. The minimum absolute atomic E-state index is 0.0497. The summed E-state index contributed by atoms with van der Waals surface area (Å²) in [5.41, 5.74) is 5.31. The molecule has 0 radical (unpaired) electrons. The number of amidine groups is 1. The van der Waals surface area contributed by atoms with Crippen LogP contribution in [0.25, 0.3) is 16.8 Å². The normalized spacial score (nSPS) is 11.8. The Hall–Kier alpha value is -4.56. The van der Waals surface area contributed by atoms with Crippen molar-refractivity contribution in [2.45, 2.75) is 11.1 Å². The maximum absolute atomic E-state index is 13.4. The van der Waals surface area contributed by atoms with Crippen LogP contribution < -0.4 is 16.2 Å². The van der Waals surface area contributed by atoms with Crippen LogP contribution in [0.2, 0.25) is 0 Å². The molecule has 0 aliphatic rings. The lowest BCUT2D eigenvalue weighted by Gasteiger charge is -2.10. The third-order valence-corrected chi connectivity index (χ3v) is 6.08. The van der Waals surface area contributed by atoms with Gasteiger partial charge in [0.2, 0.25) is 10.0 Å². The summed E-state index contributed by atoms with van der Waals surface area (Å²) in [6.45, 7) is 0. The Bertz CT molecular complexity index is 1600. The lowest BCUT2D eigenvalue weighted by atomic mass is 10.1. The van der Waals surface area contributed by atoms with E-state index >= 15 is 0 Å². The van der Waals surface area contributed by atoms with Gasteiger partial charge < -0.3 is 11.1 Å². The van der Waals surface area contributed by atoms with Crippen LogP contribution in [-0.4, -0.2) is 34.9 Å². The summed E-state index contributed by atoms with van der Waals surface area (Å²) in [5.74, 6) is -1.16. The zero-order valence-electron chi connectivity index (χ0n) is 18.7. The van der Waals surface area contributed by atoms with Gasteiger partial charge in [0.25, 0.3) is 5.91 Å². The molecule has 0 spiro atoms. The predicted octanol–water partition coefficient (Wildman–Crippen LogP) is 3.14. The fourth-order valence-corrected chi connectivity index (χ4v) is 3.85. The average molecular weight is 530 g/mol. The molecular formula is C23H18F3N7O3S. The minimum atomic E-state index is -4.81. The Morgan fingerprint density at radius 3 is 2.24 bits per heavy atom. The zero-order valence-corrected chi connectivity index (χ0v) is 19.5. The highest BCUT2D eigenvalue weighted by atomic mass is 32.2. The number of primary sulfonamides is 1. The molecule has 1 amide bonds. The topological polar surface area (TPSA) is 170 Å². The number of hydrogen-bond donors (Lipinski definition) is 4. The summed E-state index contributed by atoms with van der Waals surface area (Å²) in [5, 5.41) is 18.6. The summed E-state index contributed by atoms with van der Waals surface area (Å²) < 4.78 is 63.7. The standard InChI is InChI=1S/C23H18F3N7O3S/c24-23(25,26)19-11-18(33(32-19)16-3-1-2-14(10-16)21(27)28)22(34)31-20-9-6-15(12-30-20)13-4-7-17(8-5-13)37(29,35)36/h1-12H,(H3,27,28)(H2,29,35,36)(H,30,31,34). The third-order valence-electron chi connectivity index (χ3n) is 5.16. The van der Waals surface area contributed by atoms with E-state index in [1.807, 2.05) is 0 Å². The van der Waals surface area contributed by atoms with Crippen LogP contribution in [0, 0.1) is 5.41 Å². The van der Waals surface area contributed by atoms with Gasteiger partial charge in [-0.05, 0) is 42.0 Å². The second-order valence-corrected chi connectivity index (χ2v) is 9.31. The lowest BCUT2D eigenvalue weighted by Crippen LogP contribution is -2.18. The van der Waals surface area contributed by atoms with Crippen LogP contribution >= 0.6 is 0 Å². The van der Waals surface area contributed by atoms with Crippen molar-refractivity contribution in [1.82, 2.24) is 14.8 Å². The van der Waals surface area contributed by atoms with Gasteiger partial charge in [-0.15, -0.1) is 0 Å². The molecule has 2 aromatic carbocycles. The molecule has 0 aliphatic heterocycles. The number of benzene rings is 2. The Balaban J connectivity index is 1.62. The molecule has 4 rings (SSSR count). The first-order valence-corrected chi connectivity index (χ1v) is 11.9. The Labute approximate surface area is 208 Å². The maximum atomic E-state index is 13.4. The number of rotatable bonds is 6. The van der Waals surface area contributed by atoms with Crippen molar-refractivity contribution in [1.29, 1.82) is 5.41 Å². The van der Waals surface area contributed by atoms with Crippen LogP contribution in [-0.2, 0) is 16.2 Å². The molecule has 37 heavy (non-hydrogen) atoms. The van der Waals surface area contributed by atoms with Gasteiger partial charge in [0.15, 0.2) is 5.69 Å². The molecule has 0 saturated carbocycles. The maximum Gasteiger partial charge on any atom is 0.435 e. The molecule has 2 aromatic heterocycles. The molecule has 0 unspecified atom stereocenters. The van der Waals surface area contributed by atoms with Crippen molar-refractivity contribution >= 4 is 27.6 Å². The number of aromatic nitrogens is 3. The molecule has 14 heteroatoms. The SMILES string of the molecule is N=C(N)c1cccc(-n2nc(C(F)(F)F)cc2C(=O)Nc2ccc(-c3ccc(S(N)(=O)=O)cc3)cn2)c1. The fourth-order valence-electron chi connectivity index (χ4n) is 3.34. The highest BCUT2D eigenvalue weighted by Gasteiger charge is 2.36. The molecule has 0 fully saturated rings. The van der Waals surface area contributed by atoms with E-state index in [4.69, 9.17) is 16.3 Å². The summed E-state index contributed by atoms with van der Waals surface area (Å²) in [6.07, 6.45) is -3.41. The number of anilines is 1. The number of sulfonamides is 1. The number of carbonyl (C=O) groups excluding carboxylic acids is 1. The Morgan fingerprint density at radius 2 is 1.68 bits per heavy atom. The van der Waals surface area contributed by atoms with Crippen molar-refractivity contribution in [2.75, 3.05) is 5.32 Å². The van der Waals surface area contributed by atoms with E-state index in [1.54, 1.807) is 6.07 Å². The van der Waals surface area contributed by atoms with Crippen molar-refractivity contribution in [3.8, 4) is 16.8 Å². The van der Waals surface area contributed by atoms with Crippen molar-refractivity contribution in [2.24, 2.45) is 10.9 Å². The first kappa shape index (κ1) is 25.5. The summed E-state index contributed by atoms with van der Waals surface area (Å²) >= 11 is 0. The lowest BCUT2D eigenvalue weighted by molar-refractivity contribution is -0.141. The Kier molecular flexibility index (Phi) is 6.54. The molecular weight excluding hydrogens is 511 g/mol. The molecule has 190 valence electrons. The minimum Gasteiger partial charge on any atom is -0.384 e. The number of nitrogens with one attached hydrogen (secondary N) is 2. The van der Waals surface area contributed by atoms with E-state index in [-0.39, 0.29) is 27.8 Å². The number of carbonyl (C=O) groups is 1. The summed E-state index contributed by atoms with van der Waals surface area (Å²) in [6, 6.07) is 15.1. The van der Waals surface area contributed by atoms with E-state index in [0.717, 1.165) is 4.68 Å². The first-order chi connectivity index (χ1) is 17.3. The molecule has 2 heterocycles. The monoisotopic (exact) mass is 529 g/mol. The number of nitrogen functional groups attached to an aromatic ring is 1. The van der Waals surface area contributed by atoms with E-state index in [0.29, 0.717) is 17.2 Å². The van der Waals surface area contributed by atoms with E-state index in [1.165, 1.54) is 60.8 Å². The summed E-state index contributed by atoms with van der Waals surface area (Å²) in [4.78, 5) is 17.0. The number of nitrogens with zero attached hydrogens (tertiary/aromatic N) is 3. The van der Waals surface area contributed by atoms with Gasteiger partial charge in [-0.1, -0.05) is 24.3 Å². The van der Waals surface area contributed by atoms with Crippen molar-refractivity contribution in [3.63, 3.8) is 0 Å². The van der Waals surface area contributed by atoms with Crippen LogP contribution in [0.5, 0.6) is 0 Å². The first-order valence-electron chi connectivity index (χ1n) is 10.4. The number of amides is 1. The second kappa shape index (κ2) is 9.48. The second-order valence-electron chi connectivity index (χ2n) is 7.74. The molecule has 10 nitrogen and oxygen atoms in total. The highest BCUT2D eigenvalue weighted by molar-refractivity contribution is 7.89. The molecule has 0 aliphatic carbocycles. The number of alkyl halides is 3. The van der Waals surface area contributed by atoms with Crippen LogP contribution in [0.15, 0.2) is 77.8 Å².